The van der Waals surface area contributed by atoms with Gasteiger partial charge in [-0.1, -0.05) is 18.5 Å². The first-order valence-electron chi connectivity index (χ1n) is 5.89. The molecule has 0 saturated carbocycles. The zero-order valence-corrected chi connectivity index (χ0v) is 12.3. The van der Waals surface area contributed by atoms with E-state index in [1.165, 1.54) is 0 Å². The van der Waals surface area contributed by atoms with Crippen LogP contribution in [-0.2, 0) is 10.0 Å². The average molecular weight is 323 g/mol. The second kappa shape index (κ2) is 6.98. The van der Waals surface area contributed by atoms with Gasteiger partial charge in [-0.25, -0.2) is 13.1 Å². The molecule has 0 aliphatic carbocycles. The summed E-state index contributed by atoms with van der Waals surface area (Å²) in [6.45, 7) is 1.63. The Morgan fingerprint density at radius 2 is 2.15 bits per heavy atom. The van der Waals surface area contributed by atoms with Crippen LogP contribution in [0.2, 0.25) is 5.02 Å². The van der Waals surface area contributed by atoms with Gasteiger partial charge in [0.1, 0.15) is 4.90 Å². The molecule has 2 N–H and O–H groups in total. The van der Waals surface area contributed by atoms with Gasteiger partial charge in [0.15, 0.2) is 0 Å². The molecule has 20 heavy (non-hydrogen) atoms. The Kier molecular flexibility index (Phi) is 5.88. The standard InChI is InChI=1S/C11H15ClN2O5S/c1-2-8(5-6-15)13-20(18,19)11-4-3-9(14(16)17)7-10(11)12/h3-4,7-8,13,15H,2,5-6H2,1H3. The molecular formula is C11H15ClN2O5S. The number of nitrogens with one attached hydrogen (secondary N) is 1. The number of non-ortho nitro benzene ring substituents is 1. The lowest BCUT2D eigenvalue weighted by molar-refractivity contribution is -0.384. The zero-order chi connectivity index (χ0) is 15.3. The van der Waals surface area contributed by atoms with Crippen LogP contribution in [0, 0.1) is 10.1 Å². The largest absolute Gasteiger partial charge is 0.396 e. The van der Waals surface area contributed by atoms with Crippen LogP contribution in [0.1, 0.15) is 19.8 Å². The van der Waals surface area contributed by atoms with Crippen molar-refractivity contribution < 1.29 is 18.4 Å². The summed E-state index contributed by atoms with van der Waals surface area (Å²) in [5.41, 5.74) is -0.281. The molecule has 1 atom stereocenters. The third-order valence-electron chi connectivity index (χ3n) is 2.71. The number of hydrogen-bond donors (Lipinski definition) is 2. The molecule has 0 aromatic heterocycles. The number of sulfonamides is 1. The first-order valence-corrected chi connectivity index (χ1v) is 7.75. The SMILES string of the molecule is CCC(CCO)NS(=O)(=O)c1ccc([N+](=O)[O-])cc1Cl. The van der Waals surface area contributed by atoms with Crippen molar-refractivity contribution in [2.75, 3.05) is 6.61 Å². The Morgan fingerprint density at radius 1 is 1.50 bits per heavy atom. The molecule has 0 spiro atoms. The molecule has 0 aliphatic heterocycles. The minimum atomic E-state index is -3.88. The molecule has 112 valence electrons. The molecule has 0 heterocycles. The maximum atomic E-state index is 12.1. The summed E-state index contributed by atoms with van der Waals surface area (Å²) in [6, 6.07) is 2.74. The number of benzene rings is 1. The fourth-order valence-electron chi connectivity index (χ4n) is 1.61. The van der Waals surface area contributed by atoms with Gasteiger partial charge in [0.05, 0.1) is 9.95 Å². The average Bonchev–Trinajstić information content (AvgIpc) is 2.37. The molecule has 0 fully saturated rings. The van der Waals surface area contributed by atoms with E-state index in [1.807, 2.05) is 0 Å². The number of hydrogen-bond acceptors (Lipinski definition) is 5. The van der Waals surface area contributed by atoms with E-state index >= 15 is 0 Å². The Bertz CT molecular complexity index is 590. The van der Waals surface area contributed by atoms with Gasteiger partial charge >= 0.3 is 0 Å². The van der Waals surface area contributed by atoms with E-state index < -0.39 is 21.0 Å². The second-order valence-electron chi connectivity index (χ2n) is 4.11. The van der Waals surface area contributed by atoms with E-state index in [-0.39, 0.29) is 28.6 Å². The van der Waals surface area contributed by atoms with Gasteiger partial charge in [-0.15, -0.1) is 0 Å². The number of nitrogens with zero attached hydrogens (tertiary/aromatic N) is 1. The van der Waals surface area contributed by atoms with Gasteiger partial charge < -0.3 is 5.11 Å². The predicted molar refractivity (Wildman–Crippen MR) is 74.2 cm³/mol. The number of aliphatic hydroxyl groups excluding tert-OH is 1. The Labute approximate surface area is 121 Å². The smallest absolute Gasteiger partial charge is 0.271 e. The van der Waals surface area contributed by atoms with E-state index in [4.69, 9.17) is 16.7 Å². The van der Waals surface area contributed by atoms with Crippen LogP contribution >= 0.6 is 11.6 Å². The number of aliphatic hydroxyl groups is 1. The molecule has 1 rings (SSSR count). The van der Waals surface area contributed by atoms with Crippen LogP contribution in [0.3, 0.4) is 0 Å². The summed E-state index contributed by atoms with van der Waals surface area (Å²) in [5.74, 6) is 0. The van der Waals surface area contributed by atoms with Crippen molar-refractivity contribution >= 4 is 27.3 Å². The highest BCUT2D eigenvalue weighted by Crippen LogP contribution is 2.26. The van der Waals surface area contributed by atoms with Gasteiger partial charge in [-0.05, 0) is 18.9 Å². The molecule has 0 aliphatic rings. The van der Waals surface area contributed by atoms with Crippen LogP contribution in [0.5, 0.6) is 0 Å². The lowest BCUT2D eigenvalue weighted by Gasteiger charge is -2.16. The Hall–Kier alpha value is -1.22. The fourth-order valence-corrected chi connectivity index (χ4v) is 3.50. The molecule has 1 unspecified atom stereocenters. The van der Waals surface area contributed by atoms with Gasteiger partial charge in [-0.3, -0.25) is 10.1 Å². The molecule has 0 bridgehead atoms. The minimum absolute atomic E-state index is 0.144. The van der Waals surface area contributed by atoms with Gasteiger partial charge in [0, 0.05) is 24.8 Å². The van der Waals surface area contributed by atoms with Crippen molar-refractivity contribution in [3.63, 3.8) is 0 Å². The van der Waals surface area contributed by atoms with Crippen molar-refractivity contribution in [2.24, 2.45) is 0 Å². The molecule has 9 heteroatoms. The summed E-state index contributed by atoms with van der Waals surface area (Å²) in [4.78, 5) is 9.70. The monoisotopic (exact) mass is 322 g/mol. The van der Waals surface area contributed by atoms with Crippen molar-refractivity contribution in [3.8, 4) is 0 Å². The maximum absolute atomic E-state index is 12.1. The molecule has 0 saturated heterocycles. The summed E-state index contributed by atoms with van der Waals surface area (Å²) in [7, 11) is -3.88. The summed E-state index contributed by atoms with van der Waals surface area (Å²) >= 11 is 5.79. The van der Waals surface area contributed by atoms with Crippen molar-refractivity contribution in [2.45, 2.75) is 30.7 Å². The number of rotatable bonds is 7. The zero-order valence-electron chi connectivity index (χ0n) is 10.7. The Morgan fingerprint density at radius 3 is 2.60 bits per heavy atom. The lowest BCUT2D eigenvalue weighted by atomic mass is 10.2. The van der Waals surface area contributed by atoms with Gasteiger partial charge in [-0.2, -0.15) is 0 Å². The van der Waals surface area contributed by atoms with E-state index in [0.717, 1.165) is 18.2 Å². The number of halogens is 1. The molecular weight excluding hydrogens is 308 g/mol. The van der Waals surface area contributed by atoms with Crippen LogP contribution in [-0.4, -0.2) is 31.1 Å². The highest BCUT2D eigenvalue weighted by Gasteiger charge is 2.23. The highest BCUT2D eigenvalue weighted by molar-refractivity contribution is 7.89. The molecule has 7 nitrogen and oxygen atoms in total. The first-order chi connectivity index (χ1) is 9.31. The maximum Gasteiger partial charge on any atom is 0.271 e. The van der Waals surface area contributed by atoms with Crippen molar-refractivity contribution in [1.29, 1.82) is 0 Å². The van der Waals surface area contributed by atoms with E-state index in [2.05, 4.69) is 4.72 Å². The van der Waals surface area contributed by atoms with E-state index in [9.17, 15) is 18.5 Å². The van der Waals surface area contributed by atoms with Crippen LogP contribution in [0.4, 0.5) is 5.69 Å². The molecule has 0 radical (unpaired) electrons. The fraction of sp³-hybridized carbons (Fsp3) is 0.455. The second-order valence-corrected chi connectivity index (χ2v) is 6.20. The lowest BCUT2D eigenvalue weighted by Crippen LogP contribution is -2.35. The van der Waals surface area contributed by atoms with Crippen LogP contribution in [0.15, 0.2) is 23.1 Å². The molecule has 0 amide bonds. The third kappa shape index (κ3) is 4.14. The topological polar surface area (TPSA) is 110 Å². The normalized spacial score (nSPS) is 13.2. The summed E-state index contributed by atoms with van der Waals surface area (Å²) in [6.07, 6.45) is 0.782. The van der Waals surface area contributed by atoms with E-state index in [0.29, 0.717) is 6.42 Å². The Balaban J connectivity index is 3.06. The van der Waals surface area contributed by atoms with Crippen LogP contribution in [0.25, 0.3) is 0 Å². The predicted octanol–water partition coefficient (Wildman–Crippen LogP) is 1.69. The highest BCUT2D eigenvalue weighted by atomic mass is 35.5. The molecule has 1 aromatic rings. The third-order valence-corrected chi connectivity index (χ3v) is 4.71. The summed E-state index contributed by atoms with van der Waals surface area (Å²) in [5, 5.41) is 19.2. The molecule has 1 aromatic carbocycles. The van der Waals surface area contributed by atoms with E-state index in [1.54, 1.807) is 6.92 Å². The van der Waals surface area contributed by atoms with Gasteiger partial charge in [0.25, 0.3) is 5.69 Å². The number of nitro groups is 1. The number of nitro benzene ring substituents is 1. The van der Waals surface area contributed by atoms with Crippen molar-refractivity contribution in [1.82, 2.24) is 4.72 Å². The summed E-state index contributed by atoms with van der Waals surface area (Å²) < 4.78 is 26.7. The van der Waals surface area contributed by atoms with Crippen LogP contribution < -0.4 is 4.72 Å². The van der Waals surface area contributed by atoms with Crippen molar-refractivity contribution in [3.05, 3.63) is 33.3 Å². The first kappa shape index (κ1) is 16.8. The van der Waals surface area contributed by atoms with Gasteiger partial charge in [0.2, 0.25) is 10.0 Å². The quantitative estimate of drug-likeness (QED) is 0.586. The minimum Gasteiger partial charge on any atom is -0.396 e.